The Labute approximate surface area is 106 Å². The van der Waals surface area contributed by atoms with Crippen LogP contribution < -0.4 is 0 Å². The minimum absolute atomic E-state index is 0.00403. The maximum atomic E-state index is 12.0. The number of nitrogens with zero attached hydrogens (tertiary/aromatic N) is 1. The molecule has 0 aromatic heterocycles. The number of carboxylic acid groups (broad SMARTS) is 1. The maximum Gasteiger partial charge on any atom is 0.335 e. The van der Waals surface area contributed by atoms with Crippen molar-refractivity contribution in [3.63, 3.8) is 0 Å². The standard InChI is InChI=1S/C11H15NO5S/c1-8(13)7-12(2)18(16,17)10-5-3-9(4-6-10)11(14)15/h3-6,8,13H,7H2,1-2H3,(H,14,15). The van der Waals surface area contributed by atoms with E-state index in [-0.39, 0.29) is 17.0 Å². The van der Waals surface area contributed by atoms with E-state index in [9.17, 15) is 13.2 Å². The van der Waals surface area contributed by atoms with Gasteiger partial charge in [0.1, 0.15) is 0 Å². The minimum Gasteiger partial charge on any atom is -0.478 e. The number of aliphatic hydroxyl groups excluding tert-OH is 1. The van der Waals surface area contributed by atoms with Crippen LogP contribution in [-0.2, 0) is 10.0 Å². The van der Waals surface area contributed by atoms with Gasteiger partial charge in [0.25, 0.3) is 0 Å². The molecule has 7 heteroatoms. The van der Waals surface area contributed by atoms with E-state index < -0.39 is 22.1 Å². The molecule has 0 heterocycles. The van der Waals surface area contributed by atoms with Gasteiger partial charge in [0, 0.05) is 13.6 Å². The van der Waals surface area contributed by atoms with Crippen LogP contribution in [0, 0.1) is 0 Å². The average Bonchev–Trinajstić information content (AvgIpc) is 2.28. The second kappa shape index (κ2) is 5.47. The van der Waals surface area contributed by atoms with Crippen molar-refractivity contribution in [2.45, 2.75) is 17.9 Å². The van der Waals surface area contributed by atoms with E-state index in [1.807, 2.05) is 0 Å². The van der Waals surface area contributed by atoms with Gasteiger partial charge in [-0.05, 0) is 31.2 Å². The van der Waals surface area contributed by atoms with Gasteiger partial charge in [-0.15, -0.1) is 0 Å². The zero-order valence-electron chi connectivity index (χ0n) is 10.1. The second-order valence-electron chi connectivity index (χ2n) is 3.96. The normalized spacial score (nSPS) is 13.6. The first-order valence-corrected chi connectivity index (χ1v) is 6.67. The van der Waals surface area contributed by atoms with Crippen molar-refractivity contribution in [1.29, 1.82) is 0 Å². The zero-order valence-corrected chi connectivity index (χ0v) is 10.9. The van der Waals surface area contributed by atoms with Gasteiger partial charge in [-0.2, -0.15) is 4.31 Å². The molecule has 1 aromatic carbocycles. The molecule has 1 atom stereocenters. The van der Waals surface area contributed by atoms with Gasteiger partial charge in [-0.3, -0.25) is 0 Å². The third-order valence-electron chi connectivity index (χ3n) is 2.33. The van der Waals surface area contributed by atoms with Crippen molar-refractivity contribution in [2.24, 2.45) is 0 Å². The summed E-state index contributed by atoms with van der Waals surface area (Å²) < 4.78 is 25.1. The number of carbonyl (C=O) groups is 1. The summed E-state index contributed by atoms with van der Waals surface area (Å²) in [5.74, 6) is -1.11. The van der Waals surface area contributed by atoms with E-state index in [1.165, 1.54) is 38.2 Å². The van der Waals surface area contributed by atoms with Crippen LogP contribution in [0.5, 0.6) is 0 Å². The van der Waals surface area contributed by atoms with Crippen LogP contribution >= 0.6 is 0 Å². The highest BCUT2D eigenvalue weighted by Crippen LogP contribution is 2.15. The number of rotatable bonds is 5. The summed E-state index contributed by atoms with van der Waals surface area (Å²) in [6.07, 6.45) is -0.775. The Morgan fingerprint density at radius 1 is 1.33 bits per heavy atom. The monoisotopic (exact) mass is 273 g/mol. The molecule has 6 nitrogen and oxygen atoms in total. The van der Waals surface area contributed by atoms with Crippen LogP contribution in [0.3, 0.4) is 0 Å². The van der Waals surface area contributed by atoms with Crippen LogP contribution in [0.25, 0.3) is 0 Å². The molecule has 0 aliphatic heterocycles. The lowest BCUT2D eigenvalue weighted by Gasteiger charge is -2.18. The van der Waals surface area contributed by atoms with E-state index in [0.29, 0.717) is 0 Å². The van der Waals surface area contributed by atoms with Gasteiger partial charge in [0.2, 0.25) is 10.0 Å². The third-order valence-corrected chi connectivity index (χ3v) is 4.17. The highest BCUT2D eigenvalue weighted by atomic mass is 32.2. The fourth-order valence-electron chi connectivity index (χ4n) is 1.42. The Hall–Kier alpha value is -1.44. The Morgan fingerprint density at radius 2 is 1.83 bits per heavy atom. The molecule has 1 unspecified atom stereocenters. The molecular weight excluding hydrogens is 258 g/mol. The summed E-state index contributed by atoms with van der Waals surface area (Å²) >= 11 is 0. The number of aliphatic hydroxyl groups is 1. The summed E-state index contributed by atoms with van der Waals surface area (Å²) in [5.41, 5.74) is 0.0205. The van der Waals surface area contributed by atoms with Gasteiger partial charge in [-0.25, -0.2) is 13.2 Å². The maximum absolute atomic E-state index is 12.0. The predicted molar refractivity (Wildman–Crippen MR) is 64.9 cm³/mol. The first-order chi connectivity index (χ1) is 8.25. The SMILES string of the molecule is CC(O)CN(C)S(=O)(=O)c1ccc(C(=O)O)cc1. The van der Waals surface area contributed by atoms with E-state index >= 15 is 0 Å². The van der Waals surface area contributed by atoms with Crippen LogP contribution in [0.2, 0.25) is 0 Å². The van der Waals surface area contributed by atoms with Crippen molar-refractivity contribution in [3.8, 4) is 0 Å². The number of likely N-dealkylation sites (N-methyl/N-ethyl adjacent to an activating group) is 1. The molecule has 2 N–H and O–H groups in total. The number of sulfonamides is 1. The smallest absolute Gasteiger partial charge is 0.335 e. The predicted octanol–water partition coefficient (Wildman–Crippen LogP) is 0.386. The molecule has 0 saturated heterocycles. The van der Waals surface area contributed by atoms with Crippen molar-refractivity contribution in [2.75, 3.05) is 13.6 Å². The highest BCUT2D eigenvalue weighted by Gasteiger charge is 2.21. The van der Waals surface area contributed by atoms with Crippen LogP contribution in [-0.4, -0.2) is 48.6 Å². The number of aromatic carboxylic acids is 1. The van der Waals surface area contributed by atoms with E-state index in [4.69, 9.17) is 10.2 Å². The fraction of sp³-hybridized carbons (Fsp3) is 0.364. The Kier molecular flexibility index (Phi) is 4.44. The summed E-state index contributed by atoms with van der Waals surface area (Å²) in [7, 11) is -2.34. The zero-order chi connectivity index (χ0) is 13.9. The van der Waals surface area contributed by atoms with E-state index in [0.717, 1.165) is 4.31 Å². The van der Waals surface area contributed by atoms with Crippen LogP contribution in [0.15, 0.2) is 29.2 Å². The molecule has 0 amide bonds. The van der Waals surface area contributed by atoms with Crippen molar-refractivity contribution in [1.82, 2.24) is 4.31 Å². The van der Waals surface area contributed by atoms with E-state index in [1.54, 1.807) is 0 Å². The van der Waals surface area contributed by atoms with Gasteiger partial charge < -0.3 is 10.2 Å². The largest absolute Gasteiger partial charge is 0.478 e. The lowest BCUT2D eigenvalue weighted by Crippen LogP contribution is -2.33. The average molecular weight is 273 g/mol. The number of hydrogen-bond acceptors (Lipinski definition) is 4. The van der Waals surface area contributed by atoms with Gasteiger partial charge >= 0.3 is 5.97 Å². The topological polar surface area (TPSA) is 94.9 Å². The van der Waals surface area contributed by atoms with Crippen LogP contribution in [0.4, 0.5) is 0 Å². The van der Waals surface area contributed by atoms with Crippen LogP contribution in [0.1, 0.15) is 17.3 Å². The van der Waals surface area contributed by atoms with Gasteiger partial charge in [0.15, 0.2) is 0 Å². The summed E-state index contributed by atoms with van der Waals surface area (Å²) in [6, 6.07) is 4.92. The minimum atomic E-state index is -3.70. The molecule has 0 saturated carbocycles. The molecule has 1 aromatic rings. The highest BCUT2D eigenvalue weighted by molar-refractivity contribution is 7.89. The molecule has 1 rings (SSSR count). The first kappa shape index (κ1) is 14.6. The van der Waals surface area contributed by atoms with E-state index in [2.05, 4.69) is 0 Å². The summed E-state index contributed by atoms with van der Waals surface area (Å²) in [6.45, 7) is 1.46. The molecule has 0 spiro atoms. The fourth-order valence-corrected chi connectivity index (χ4v) is 2.67. The molecule has 0 aliphatic carbocycles. The van der Waals surface area contributed by atoms with Gasteiger partial charge in [-0.1, -0.05) is 0 Å². The molecule has 100 valence electrons. The lowest BCUT2D eigenvalue weighted by atomic mass is 10.2. The second-order valence-corrected chi connectivity index (χ2v) is 6.01. The van der Waals surface area contributed by atoms with Gasteiger partial charge in [0.05, 0.1) is 16.6 Å². The lowest BCUT2D eigenvalue weighted by molar-refractivity contribution is 0.0696. The Bertz CT molecular complexity index is 521. The Balaban J connectivity index is 3.02. The summed E-state index contributed by atoms with van der Waals surface area (Å²) in [5, 5.41) is 17.9. The molecule has 0 aliphatic rings. The van der Waals surface area contributed by atoms with Crippen molar-refractivity contribution in [3.05, 3.63) is 29.8 Å². The Morgan fingerprint density at radius 3 is 2.22 bits per heavy atom. The molecule has 18 heavy (non-hydrogen) atoms. The molecular formula is C11H15NO5S. The first-order valence-electron chi connectivity index (χ1n) is 5.23. The summed E-state index contributed by atoms with van der Waals surface area (Å²) in [4.78, 5) is 10.6. The van der Waals surface area contributed by atoms with Crippen molar-refractivity contribution >= 4 is 16.0 Å². The van der Waals surface area contributed by atoms with Crippen molar-refractivity contribution < 1.29 is 23.4 Å². The number of carboxylic acids is 1. The molecule has 0 bridgehead atoms. The third kappa shape index (κ3) is 3.28. The molecule has 0 radical (unpaired) electrons. The quantitative estimate of drug-likeness (QED) is 0.809. The number of benzene rings is 1. The number of hydrogen-bond donors (Lipinski definition) is 2. The molecule has 0 fully saturated rings.